The lowest BCUT2D eigenvalue weighted by molar-refractivity contribution is 0.628. The molecule has 0 atom stereocenters. The molecular formula is C15H16FN. The average molecular weight is 229 g/mol. The molecule has 2 rings (SSSR count). The Morgan fingerprint density at radius 1 is 1.00 bits per heavy atom. The average Bonchev–Trinajstić information content (AvgIpc) is 2.35. The predicted molar refractivity (Wildman–Crippen MR) is 72.1 cm³/mol. The SMILES string of the molecule is C=Cc1ccc(F)cc1.Cc1ccc(N)cc1. The Hall–Kier alpha value is -2.09. The van der Waals surface area contributed by atoms with Gasteiger partial charge in [-0.15, -0.1) is 0 Å². The molecule has 17 heavy (non-hydrogen) atoms. The Bertz CT molecular complexity index is 436. The fourth-order valence-corrected chi connectivity index (χ4v) is 1.17. The number of hydrogen-bond donors (Lipinski definition) is 1. The summed E-state index contributed by atoms with van der Waals surface area (Å²) in [6.45, 7) is 5.58. The monoisotopic (exact) mass is 229 g/mol. The molecule has 0 saturated carbocycles. The Labute approximate surface area is 101 Å². The van der Waals surface area contributed by atoms with Crippen molar-refractivity contribution in [3.05, 3.63) is 72.1 Å². The van der Waals surface area contributed by atoms with E-state index >= 15 is 0 Å². The lowest BCUT2D eigenvalue weighted by Crippen LogP contribution is -1.81. The van der Waals surface area contributed by atoms with Crippen molar-refractivity contribution in [2.45, 2.75) is 6.92 Å². The van der Waals surface area contributed by atoms with E-state index in [1.54, 1.807) is 18.2 Å². The molecule has 0 aromatic heterocycles. The van der Waals surface area contributed by atoms with Crippen LogP contribution < -0.4 is 5.73 Å². The summed E-state index contributed by atoms with van der Waals surface area (Å²) in [7, 11) is 0. The van der Waals surface area contributed by atoms with Crippen LogP contribution in [0.4, 0.5) is 10.1 Å². The van der Waals surface area contributed by atoms with E-state index in [2.05, 4.69) is 6.58 Å². The number of halogens is 1. The molecule has 2 N–H and O–H groups in total. The van der Waals surface area contributed by atoms with E-state index in [-0.39, 0.29) is 5.82 Å². The van der Waals surface area contributed by atoms with Gasteiger partial charge < -0.3 is 5.73 Å². The van der Waals surface area contributed by atoms with Crippen LogP contribution >= 0.6 is 0 Å². The van der Waals surface area contributed by atoms with Crippen LogP contribution in [-0.2, 0) is 0 Å². The van der Waals surface area contributed by atoms with Crippen LogP contribution in [0.25, 0.3) is 6.08 Å². The molecule has 2 heteroatoms. The number of nitrogens with two attached hydrogens (primary N) is 1. The van der Waals surface area contributed by atoms with Crippen LogP contribution in [0.1, 0.15) is 11.1 Å². The normalized spacial score (nSPS) is 9.06. The van der Waals surface area contributed by atoms with Crippen molar-refractivity contribution in [2.75, 3.05) is 5.73 Å². The number of aryl methyl sites for hydroxylation is 1. The molecule has 0 aliphatic rings. The Morgan fingerprint density at radius 3 is 1.94 bits per heavy atom. The zero-order chi connectivity index (χ0) is 12.7. The number of hydrogen-bond acceptors (Lipinski definition) is 1. The number of anilines is 1. The van der Waals surface area contributed by atoms with Crippen LogP contribution in [0.3, 0.4) is 0 Å². The topological polar surface area (TPSA) is 26.0 Å². The molecule has 0 fully saturated rings. The Kier molecular flexibility index (Phi) is 4.95. The second-order valence-electron chi connectivity index (χ2n) is 3.67. The molecule has 2 aromatic carbocycles. The summed E-state index contributed by atoms with van der Waals surface area (Å²) in [6, 6.07) is 14.0. The highest BCUT2D eigenvalue weighted by Crippen LogP contribution is 2.03. The fourth-order valence-electron chi connectivity index (χ4n) is 1.17. The van der Waals surface area contributed by atoms with Crippen molar-refractivity contribution >= 4 is 11.8 Å². The summed E-state index contributed by atoms with van der Waals surface area (Å²) in [5.74, 6) is -0.208. The lowest BCUT2D eigenvalue weighted by atomic mass is 10.2. The minimum absolute atomic E-state index is 0.208. The molecule has 0 amide bonds. The van der Waals surface area contributed by atoms with Gasteiger partial charge >= 0.3 is 0 Å². The Balaban J connectivity index is 0.000000171. The van der Waals surface area contributed by atoms with Gasteiger partial charge in [-0.1, -0.05) is 42.5 Å². The van der Waals surface area contributed by atoms with Crippen molar-refractivity contribution in [2.24, 2.45) is 0 Å². The summed E-state index contributed by atoms with van der Waals surface area (Å²) in [6.07, 6.45) is 1.68. The van der Waals surface area contributed by atoms with Crippen molar-refractivity contribution in [1.82, 2.24) is 0 Å². The molecule has 0 spiro atoms. The first-order valence-electron chi connectivity index (χ1n) is 5.32. The van der Waals surface area contributed by atoms with Gasteiger partial charge in [-0.2, -0.15) is 0 Å². The standard InChI is InChI=1S/C8H7F.C7H9N/c1-2-7-3-5-8(9)6-4-7;1-6-2-4-7(8)5-3-6/h2-6H,1H2;2-5H,8H2,1H3. The summed E-state index contributed by atoms with van der Waals surface area (Å²) < 4.78 is 12.2. The highest BCUT2D eigenvalue weighted by atomic mass is 19.1. The quantitative estimate of drug-likeness (QED) is 0.733. The van der Waals surface area contributed by atoms with E-state index in [1.165, 1.54) is 17.7 Å². The first-order valence-corrected chi connectivity index (χ1v) is 5.32. The fraction of sp³-hybridized carbons (Fsp3) is 0.0667. The minimum Gasteiger partial charge on any atom is -0.399 e. The molecule has 0 aliphatic heterocycles. The lowest BCUT2D eigenvalue weighted by Gasteiger charge is -1.90. The van der Waals surface area contributed by atoms with Gasteiger partial charge in [0.2, 0.25) is 0 Å². The third-order valence-corrected chi connectivity index (χ3v) is 2.18. The summed E-state index contributed by atoms with van der Waals surface area (Å²) in [5, 5.41) is 0. The molecule has 0 aliphatic carbocycles. The third-order valence-electron chi connectivity index (χ3n) is 2.18. The third kappa shape index (κ3) is 4.98. The van der Waals surface area contributed by atoms with E-state index in [1.807, 2.05) is 31.2 Å². The largest absolute Gasteiger partial charge is 0.399 e. The molecule has 0 radical (unpaired) electrons. The van der Waals surface area contributed by atoms with Crippen LogP contribution in [0, 0.1) is 12.7 Å². The molecular weight excluding hydrogens is 213 g/mol. The van der Waals surface area contributed by atoms with E-state index in [4.69, 9.17) is 5.73 Å². The van der Waals surface area contributed by atoms with E-state index < -0.39 is 0 Å². The first-order chi connectivity index (χ1) is 8.11. The summed E-state index contributed by atoms with van der Waals surface area (Å²) in [5.41, 5.74) is 8.45. The molecule has 2 aromatic rings. The minimum atomic E-state index is -0.208. The maximum atomic E-state index is 12.2. The van der Waals surface area contributed by atoms with Gasteiger partial charge in [0.25, 0.3) is 0 Å². The number of rotatable bonds is 1. The molecule has 0 bridgehead atoms. The van der Waals surface area contributed by atoms with Crippen molar-refractivity contribution < 1.29 is 4.39 Å². The maximum Gasteiger partial charge on any atom is 0.123 e. The second-order valence-corrected chi connectivity index (χ2v) is 3.67. The number of benzene rings is 2. The highest BCUT2D eigenvalue weighted by Gasteiger charge is 1.85. The van der Waals surface area contributed by atoms with Crippen molar-refractivity contribution in [3.8, 4) is 0 Å². The zero-order valence-electron chi connectivity index (χ0n) is 9.86. The zero-order valence-corrected chi connectivity index (χ0v) is 9.86. The molecule has 0 heterocycles. The van der Waals surface area contributed by atoms with Crippen LogP contribution in [-0.4, -0.2) is 0 Å². The van der Waals surface area contributed by atoms with Crippen LogP contribution in [0.15, 0.2) is 55.1 Å². The smallest absolute Gasteiger partial charge is 0.123 e. The van der Waals surface area contributed by atoms with Gasteiger partial charge in [-0.25, -0.2) is 4.39 Å². The summed E-state index contributed by atoms with van der Waals surface area (Å²) in [4.78, 5) is 0. The second kappa shape index (κ2) is 6.48. The van der Waals surface area contributed by atoms with Crippen molar-refractivity contribution in [1.29, 1.82) is 0 Å². The van der Waals surface area contributed by atoms with Crippen LogP contribution in [0.2, 0.25) is 0 Å². The van der Waals surface area contributed by atoms with Crippen molar-refractivity contribution in [3.63, 3.8) is 0 Å². The van der Waals surface area contributed by atoms with Gasteiger partial charge in [0.15, 0.2) is 0 Å². The van der Waals surface area contributed by atoms with Gasteiger partial charge in [0.05, 0.1) is 0 Å². The predicted octanol–water partition coefficient (Wildman–Crippen LogP) is 4.05. The van der Waals surface area contributed by atoms with Gasteiger partial charge in [-0.05, 0) is 36.8 Å². The van der Waals surface area contributed by atoms with Gasteiger partial charge in [-0.3, -0.25) is 0 Å². The first kappa shape index (κ1) is 13.0. The molecule has 88 valence electrons. The highest BCUT2D eigenvalue weighted by molar-refractivity contribution is 5.46. The van der Waals surface area contributed by atoms with Crippen LogP contribution in [0.5, 0.6) is 0 Å². The van der Waals surface area contributed by atoms with Gasteiger partial charge in [0, 0.05) is 5.69 Å². The maximum absolute atomic E-state index is 12.2. The van der Waals surface area contributed by atoms with E-state index in [9.17, 15) is 4.39 Å². The van der Waals surface area contributed by atoms with E-state index in [0.29, 0.717) is 0 Å². The Morgan fingerprint density at radius 2 is 1.53 bits per heavy atom. The number of nitrogen functional groups attached to an aromatic ring is 1. The molecule has 0 unspecified atom stereocenters. The molecule has 0 saturated heterocycles. The summed E-state index contributed by atoms with van der Waals surface area (Å²) >= 11 is 0. The molecule has 1 nitrogen and oxygen atoms in total. The van der Waals surface area contributed by atoms with E-state index in [0.717, 1.165) is 11.3 Å². The van der Waals surface area contributed by atoms with Gasteiger partial charge in [0.1, 0.15) is 5.82 Å².